The summed E-state index contributed by atoms with van der Waals surface area (Å²) in [6.07, 6.45) is 8.80. The molecule has 0 radical (unpaired) electrons. The lowest BCUT2D eigenvalue weighted by Gasteiger charge is -2.39. The van der Waals surface area contributed by atoms with Crippen molar-refractivity contribution in [3.05, 3.63) is 0 Å². The van der Waals surface area contributed by atoms with E-state index in [1.165, 1.54) is 24.9 Å². The molecule has 3 fully saturated rings. The third-order valence-electron chi connectivity index (χ3n) is 5.56. The van der Waals surface area contributed by atoms with Crippen molar-refractivity contribution in [2.45, 2.75) is 67.7 Å². The molecule has 3 unspecified atom stereocenters. The predicted octanol–water partition coefficient (Wildman–Crippen LogP) is 1.74. The maximum absolute atomic E-state index is 11.7. The van der Waals surface area contributed by atoms with Crippen molar-refractivity contribution in [3.63, 3.8) is 0 Å². The number of rotatable bonds is 5. The second-order valence-electron chi connectivity index (χ2n) is 7.25. The molecule has 1 aliphatic carbocycles. The average Bonchev–Trinajstić information content (AvgIpc) is 3.06. The lowest BCUT2D eigenvalue weighted by Crippen LogP contribution is -2.55. The van der Waals surface area contributed by atoms with Crippen LogP contribution in [0.15, 0.2) is 0 Å². The van der Waals surface area contributed by atoms with Gasteiger partial charge in [0.25, 0.3) is 0 Å². The van der Waals surface area contributed by atoms with Crippen LogP contribution in [0.3, 0.4) is 0 Å². The van der Waals surface area contributed by atoms with Crippen LogP contribution in [0.25, 0.3) is 0 Å². The molecule has 3 rings (SSSR count). The van der Waals surface area contributed by atoms with Gasteiger partial charge in [0.1, 0.15) is 16.1 Å². The monoisotopic (exact) mass is 362 g/mol. The first-order valence-corrected chi connectivity index (χ1v) is 11.9. The molecule has 3 atom stereocenters. The number of sulfone groups is 1. The van der Waals surface area contributed by atoms with E-state index in [0.29, 0.717) is 17.2 Å². The number of nitrogens with one attached hydrogen (secondary N) is 2. The van der Waals surface area contributed by atoms with Gasteiger partial charge in [-0.2, -0.15) is 11.8 Å². The summed E-state index contributed by atoms with van der Waals surface area (Å²) in [4.78, 5) is 0. The molecule has 2 heterocycles. The van der Waals surface area contributed by atoms with E-state index in [4.69, 9.17) is 4.74 Å². The third kappa shape index (κ3) is 5.08. The molecule has 7 heteroatoms. The smallest absolute Gasteiger partial charge is 0.150 e. The Hall–Kier alpha value is 0.180. The summed E-state index contributed by atoms with van der Waals surface area (Å²) in [5.41, 5.74) is 0. The quantitative estimate of drug-likeness (QED) is 0.776. The van der Waals surface area contributed by atoms with Crippen LogP contribution in [-0.4, -0.2) is 56.5 Å². The van der Waals surface area contributed by atoms with Crippen LogP contribution in [-0.2, 0) is 14.6 Å². The summed E-state index contributed by atoms with van der Waals surface area (Å²) in [6.45, 7) is 1.65. The van der Waals surface area contributed by atoms with Crippen molar-refractivity contribution in [1.82, 2.24) is 10.6 Å². The first kappa shape index (κ1) is 18.0. The molecule has 0 aromatic heterocycles. The first-order chi connectivity index (χ1) is 11.0. The zero-order chi connectivity index (χ0) is 16.3. The lowest BCUT2D eigenvalue weighted by molar-refractivity contribution is -0.00740. The van der Waals surface area contributed by atoms with E-state index in [1.54, 1.807) is 0 Å². The lowest BCUT2D eigenvalue weighted by atomic mass is 9.81. The van der Waals surface area contributed by atoms with E-state index in [-0.39, 0.29) is 11.5 Å². The van der Waals surface area contributed by atoms with Crippen molar-refractivity contribution >= 4 is 21.6 Å². The summed E-state index contributed by atoms with van der Waals surface area (Å²) < 4.78 is 29.5. The van der Waals surface area contributed by atoms with E-state index >= 15 is 0 Å². The third-order valence-corrected chi connectivity index (χ3v) is 8.61. The van der Waals surface area contributed by atoms with Gasteiger partial charge in [-0.1, -0.05) is 0 Å². The van der Waals surface area contributed by atoms with Crippen molar-refractivity contribution in [3.8, 4) is 0 Å². The van der Waals surface area contributed by atoms with Crippen molar-refractivity contribution in [2.75, 3.05) is 25.3 Å². The van der Waals surface area contributed by atoms with Crippen molar-refractivity contribution in [1.29, 1.82) is 0 Å². The maximum Gasteiger partial charge on any atom is 0.150 e. The normalized spacial score (nSPS) is 39.4. The van der Waals surface area contributed by atoms with Gasteiger partial charge in [0.05, 0.1) is 11.9 Å². The average molecular weight is 363 g/mol. The Bertz CT molecular complexity index is 472. The molecular weight excluding hydrogens is 332 g/mol. The molecule has 2 saturated heterocycles. The largest absolute Gasteiger partial charge is 0.362 e. The summed E-state index contributed by atoms with van der Waals surface area (Å²) in [6, 6.07) is 0.456. The number of thioether (sulfide) groups is 1. The molecule has 134 valence electrons. The molecular formula is C16H30N2O3S2. The SMILES string of the molecule is CS(=O)(=O)C1CCC(C2CC(OCC3CCCS3)NCN2)CC1. The molecule has 0 spiro atoms. The molecule has 0 aromatic rings. The second kappa shape index (κ2) is 8.04. The van der Waals surface area contributed by atoms with E-state index in [9.17, 15) is 8.42 Å². The highest BCUT2D eigenvalue weighted by Crippen LogP contribution is 2.32. The fourth-order valence-corrected chi connectivity index (χ4v) is 6.41. The minimum Gasteiger partial charge on any atom is -0.362 e. The van der Waals surface area contributed by atoms with Crippen LogP contribution >= 0.6 is 11.8 Å². The van der Waals surface area contributed by atoms with E-state index < -0.39 is 9.84 Å². The molecule has 0 amide bonds. The van der Waals surface area contributed by atoms with Crippen LogP contribution in [0, 0.1) is 5.92 Å². The summed E-state index contributed by atoms with van der Waals surface area (Å²) in [7, 11) is -2.87. The molecule has 0 aromatic carbocycles. The zero-order valence-corrected chi connectivity index (χ0v) is 15.6. The molecule has 1 saturated carbocycles. The molecule has 2 N–H and O–H groups in total. The van der Waals surface area contributed by atoms with Crippen LogP contribution in [0.2, 0.25) is 0 Å². The maximum atomic E-state index is 11.7. The summed E-state index contributed by atoms with van der Waals surface area (Å²) >= 11 is 2.04. The standard InChI is InChI=1S/C16H30N2O3S2/c1-23(19,20)14-6-4-12(5-7-14)15-9-16(18-11-17-15)21-10-13-3-2-8-22-13/h12-18H,2-11H2,1H3. The van der Waals surface area contributed by atoms with Crippen LogP contribution in [0.5, 0.6) is 0 Å². The topological polar surface area (TPSA) is 67.4 Å². The molecule has 5 nitrogen and oxygen atoms in total. The van der Waals surface area contributed by atoms with Gasteiger partial charge in [-0.15, -0.1) is 0 Å². The second-order valence-corrected chi connectivity index (χ2v) is 11.0. The van der Waals surface area contributed by atoms with Crippen LogP contribution in [0.1, 0.15) is 44.9 Å². The Balaban J connectivity index is 1.43. The van der Waals surface area contributed by atoms with Crippen LogP contribution in [0.4, 0.5) is 0 Å². The van der Waals surface area contributed by atoms with Gasteiger partial charge in [0, 0.05) is 30.6 Å². The Labute approximate surface area is 144 Å². The highest BCUT2D eigenvalue weighted by Gasteiger charge is 2.34. The number of ether oxygens (including phenoxy) is 1. The van der Waals surface area contributed by atoms with Gasteiger partial charge < -0.3 is 10.1 Å². The molecule has 3 aliphatic rings. The van der Waals surface area contributed by atoms with E-state index in [0.717, 1.165) is 45.4 Å². The van der Waals surface area contributed by atoms with Gasteiger partial charge in [0.15, 0.2) is 0 Å². The first-order valence-electron chi connectivity index (χ1n) is 8.91. The summed E-state index contributed by atoms with van der Waals surface area (Å²) in [5.74, 6) is 1.86. The van der Waals surface area contributed by atoms with Gasteiger partial charge in [0.2, 0.25) is 0 Å². The Morgan fingerprint density at radius 1 is 1.13 bits per heavy atom. The fraction of sp³-hybridized carbons (Fsp3) is 1.00. The highest BCUT2D eigenvalue weighted by molar-refractivity contribution is 8.00. The predicted molar refractivity (Wildman–Crippen MR) is 95.4 cm³/mol. The highest BCUT2D eigenvalue weighted by atomic mass is 32.2. The van der Waals surface area contributed by atoms with Gasteiger partial charge >= 0.3 is 0 Å². The molecule has 2 aliphatic heterocycles. The van der Waals surface area contributed by atoms with Gasteiger partial charge in [-0.3, -0.25) is 5.32 Å². The van der Waals surface area contributed by atoms with E-state index in [2.05, 4.69) is 10.6 Å². The van der Waals surface area contributed by atoms with Crippen molar-refractivity contribution < 1.29 is 13.2 Å². The van der Waals surface area contributed by atoms with E-state index in [1.807, 2.05) is 11.8 Å². The van der Waals surface area contributed by atoms with Crippen LogP contribution < -0.4 is 10.6 Å². The van der Waals surface area contributed by atoms with Gasteiger partial charge in [-0.05, 0) is 50.2 Å². The molecule has 23 heavy (non-hydrogen) atoms. The Kier molecular flexibility index (Phi) is 6.29. The van der Waals surface area contributed by atoms with Gasteiger partial charge in [-0.25, -0.2) is 8.42 Å². The Morgan fingerprint density at radius 2 is 1.91 bits per heavy atom. The fourth-order valence-electron chi connectivity index (χ4n) is 4.11. The number of hydrogen-bond donors (Lipinski definition) is 2. The van der Waals surface area contributed by atoms with Crippen molar-refractivity contribution in [2.24, 2.45) is 5.92 Å². The Morgan fingerprint density at radius 3 is 2.57 bits per heavy atom. The summed E-state index contributed by atoms with van der Waals surface area (Å²) in [5, 5.41) is 7.52. The molecule has 0 bridgehead atoms. The number of hydrogen-bond acceptors (Lipinski definition) is 6. The zero-order valence-electron chi connectivity index (χ0n) is 14.0. The minimum absolute atomic E-state index is 0.119. The minimum atomic E-state index is -2.87.